The summed E-state index contributed by atoms with van der Waals surface area (Å²) in [5.41, 5.74) is 8.01. The number of primary amides is 1. The molecule has 0 aromatic heterocycles. The first kappa shape index (κ1) is 29.5. The zero-order valence-corrected chi connectivity index (χ0v) is 25.5. The van der Waals surface area contributed by atoms with Gasteiger partial charge in [-0.1, -0.05) is 53.2 Å². The van der Waals surface area contributed by atoms with Crippen LogP contribution in [0.25, 0.3) is 0 Å². The minimum Gasteiger partial charge on any atom is -0.497 e. The number of nitrogens with two attached hydrogens (primary N) is 1. The number of hydrogen-bond donors (Lipinski definition) is 1. The van der Waals surface area contributed by atoms with Gasteiger partial charge in [0.2, 0.25) is 0 Å². The molecule has 11 heteroatoms. The molecule has 2 unspecified atom stereocenters. The Morgan fingerprint density at radius 3 is 2.17 bits per heavy atom. The number of amides is 4. The summed E-state index contributed by atoms with van der Waals surface area (Å²) < 4.78 is 11.7. The van der Waals surface area contributed by atoms with Crippen molar-refractivity contribution in [2.24, 2.45) is 10.7 Å². The number of ether oxygens (including phenoxy) is 2. The number of aliphatic imine (C=N–C) groups is 1. The average Bonchev–Trinajstić information content (AvgIpc) is 3.37. The van der Waals surface area contributed by atoms with E-state index in [9.17, 15) is 9.59 Å². The van der Waals surface area contributed by atoms with Crippen LogP contribution in [0.1, 0.15) is 42.6 Å². The Labute approximate surface area is 254 Å². The van der Waals surface area contributed by atoms with Crippen molar-refractivity contribution in [2.45, 2.75) is 32.0 Å². The molecule has 2 aliphatic rings. The topological polar surface area (TPSA) is 101 Å². The summed E-state index contributed by atoms with van der Waals surface area (Å²) in [5, 5.41) is 1.54. The van der Waals surface area contributed by atoms with E-state index in [1.807, 2.05) is 80.6 Å². The smallest absolute Gasteiger partial charge is 0.326 e. The van der Waals surface area contributed by atoms with Gasteiger partial charge in [-0.15, -0.1) is 0 Å². The fourth-order valence-electron chi connectivity index (χ4n) is 5.31. The largest absolute Gasteiger partial charge is 0.497 e. The maximum Gasteiger partial charge on any atom is 0.326 e. The number of methoxy groups -OCH3 is 1. The van der Waals surface area contributed by atoms with E-state index in [-0.39, 0.29) is 12.1 Å². The third kappa shape index (κ3) is 6.10. The van der Waals surface area contributed by atoms with E-state index >= 15 is 0 Å². The summed E-state index contributed by atoms with van der Waals surface area (Å²) in [6.07, 6.45) is -0.127. The quantitative estimate of drug-likeness (QED) is 0.425. The maximum absolute atomic E-state index is 14.5. The Morgan fingerprint density at radius 1 is 0.952 bits per heavy atom. The molecule has 2 atom stereocenters. The molecule has 1 saturated heterocycles. The molecule has 0 bridgehead atoms. The summed E-state index contributed by atoms with van der Waals surface area (Å²) in [7, 11) is 5.19. The van der Waals surface area contributed by atoms with Gasteiger partial charge in [0.25, 0.3) is 0 Å². The summed E-state index contributed by atoms with van der Waals surface area (Å²) in [6.45, 7) is 5.29. The molecule has 2 heterocycles. The second kappa shape index (κ2) is 12.5. The fourth-order valence-corrected chi connectivity index (χ4v) is 5.60. The zero-order valence-electron chi connectivity index (χ0n) is 23.8. The van der Waals surface area contributed by atoms with Gasteiger partial charge in [-0.25, -0.2) is 9.59 Å². The molecule has 0 aliphatic carbocycles. The highest BCUT2D eigenvalue weighted by Crippen LogP contribution is 2.45. The van der Waals surface area contributed by atoms with Crippen LogP contribution in [0.15, 0.2) is 71.7 Å². The minimum atomic E-state index is -0.492. The highest BCUT2D eigenvalue weighted by Gasteiger charge is 2.45. The van der Waals surface area contributed by atoms with Crippen molar-refractivity contribution in [3.05, 3.63) is 88.4 Å². The number of halogens is 1. The molecule has 0 saturated carbocycles. The first-order valence-corrected chi connectivity index (χ1v) is 14.7. The van der Waals surface area contributed by atoms with Crippen molar-refractivity contribution in [1.29, 1.82) is 0 Å². The Bertz CT molecular complexity index is 1470. The van der Waals surface area contributed by atoms with Gasteiger partial charge in [0.05, 0.1) is 35.1 Å². The van der Waals surface area contributed by atoms with Crippen molar-refractivity contribution in [3.63, 3.8) is 0 Å². The number of rotatable bonds is 6. The van der Waals surface area contributed by atoms with Crippen molar-refractivity contribution < 1.29 is 19.1 Å². The monoisotopic (exact) mass is 602 g/mol. The lowest BCUT2D eigenvalue weighted by molar-refractivity contribution is 0.128. The van der Waals surface area contributed by atoms with Gasteiger partial charge in [0.1, 0.15) is 23.4 Å². The van der Waals surface area contributed by atoms with Crippen molar-refractivity contribution in [2.75, 3.05) is 33.3 Å². The highest BCUT2D eigenvalue weighted by molar-refractivity contribution is 6.32. The van der Waals surface area contributed by atoms with E-state index in [4.69, 9.17) is 31.8 Å². The first-order valence-electron chi connectivity index (χ1n) is 13.8. The van der Waals surface area contributed by atoms with Crippen LogP contribution in [0, 0.1) is 0 Å². The minimum absolute atomic E-state index is 0.127. The van der Waals surface area contributed by atoms with Gasteiger partial charge in [-0.3, -0.25) is 9.89 Å². The summed E-state index contributed by atoms with van der Waals surface area (Å²) in [6, 6.07) is 19.4. The molecule has 1 fully saturated rings. The Kier molecular flexibility index (Phi) is 8.74. The van der Waals surface area contributed by atoms with Crippen LogP contribution in [0.4, 0.5) is 9.59 Å². The van der Waals surface area contributed by atoms with E-state index in [0.717, 1.165) is 16.3 Å². The number of nitrogens with zero attached hydrogens (tertiary/aromatic N) is 4. The van der Waals surface area contributed by atoms with Crippen molar-refractivity contribution in [3.8, 4) is 11.5 Å². The molecule has 3 radical (unpaired) electrons. The Morgan fingerprint density at radius 2 is 1.57 bits per heavy atom. The summed E-state index contributed by atoms with van der Waals surface area (Å²) in [4.78, 5) is 36.6. The molecular formula is C31H33ClN5O4Si. The number of carbonyl (C=O) groups is 2. The maximum atomic E-state index is 14.5. The van der Waals surface area contributed by atoms with Gasteiger partial charge in [-0.05, 0) is 49.2 Å². The van der Waals surface area contributed by atoms with Crippen LogP contribution < -0.4 is 20.4 Å². The lowest BCUT2D eigenvalue weighted by atomic mass is 9.93. The van der Waals surface area contributed by atoms with E-state index < -0.39 is 18.1 Å². The molecule has 9 nitrogen and oxygen atoms in total. The van der Waals surface area contributed by atoms with Crippen molar-refractivity contribution in [1.82, 2.24) is 14.7 Å². The van der Waals surface area contributed by atoms with Gasteiger partial charge in [-0.2, -0.15) is 0 Å². The molecule has 2 aliphatic heterocycles. The van der Waals surface area contributed by atoms with Crippen LogP contribution >= 0.6 is 11.6 Å². The normalized spacial score (nSPS) is 18.7. The summed E-state index contributed by atoms with van der Waals surface area (Å²) in [5.74, 6) is 1.68. The van der Waals surface area contributed by atoms with Gasteiger partial charge >= 0.3 is 12.1 Å². The predicted molar refractivity (Wildman–Crippen MR) is 164 cm³/mol. The Balaban J connectivity index is 1.66. The zero-order chi connectivity index (χ0) is 30.0. The Hall–Kier alpha value is -4.02. The molecule has 4 amide bonds. The number of benzene rings is 3. The number of piperazine rings is 1. The summed E-state index contributed by atoms with van der Waals surface area (Å²) >= 11 is 6.28. The van der Waals surface area contributed by atoms with Crippen LogP contribution in [0.2, 0.25) is 5.02 Å². The predicted octanol–water partition coefficient (Wildman–Crippen LogP) is 4.29. The standard InChI is InChI=1S/C31H33ClN5O4Si/c1-19(2)41-26-18-23(40-3)10-13-25(26)29-34-27(20-6-11-24(42)12-7-20)28(21-4-8-22(32)9-5-21)37(29)31(39)36-16-14-35(15-17-36)30(33)38/h4-13,18-19,27-28H,14-17H2,1-3H3,(H2,33,38). The number of amidine groups is 1. The lowest BCUT2D eigenvalue weighted by Crippen LogP contribution is -2.56. The molecule has 0 spiro atoms. The number of hydrogen-bond acceptors (Lipinski definition) is 5. The molecular weight excluding hydrogens is 570 g/mol. The van der Waals surface area contributed by atoms with Gasteiger partial charge in [0.15, 0.2) is 0 Å². The molecule has 42 heavy (non-hydrogen) atoms. The lowest BCUT2D eigenvalue weighted by Gasteiger charge is -2.38. The second-order valence-corrected chi connectivity index (χ2v) is 11.5. The average molecular weight is 603 g/mol. The van der Waals surface area contributed by atoms with E-state index in [1.54, 1.807) is 21.8 Å². The first-order chi connectivity index (χ1) is 20.2. The fraction of sp³-hybridized carbons (Fsp3) is 0.323. The molecule has 3 aromatic rings. The van der Waals surface area contributed by atoms with Crippen LogP contribution in [0.5, 0.6) is 11.5 Å². The third-order valence-corrected chi connectivity index (χ3v) is 7.98. The van der Waals surface area contributed by atoms with Crippen LogP contribution in [-0.2, 0) is 0 Å². The van der Waals surface area contributed by atoms with Crippen LogP contribution in [0.3, 0.4) is 0 Å². The SMILES string of the molecule is COc1ccc(C2=NC(c3ccc([Si])cc3)C(c3ccc(Cl)cc3)N2C(=O)N2CCN(C(N)=O)CC2)c(OC(C)C)c1. The molecule has 217 valence electrons. The number of urea groups is 2. The van der Waals surface area contributed by atoms with Crippen LogP contribution in [-0.4, -0.2) is 82.2 Å². The molecule has 2 N–H and O–H groups in total. The van der Waals surface area contributed by atoms with E-state index in [0.29, 0.717) is 54.1 Å². The number of carbonyl (C=O) groups excluding carboxylic acids is 2. The van der Waals surface area contributed by atoms with E-state index in [2.05, 4.69) is 10.2 Å². The van der Waals surface area contributed by atoms with E-state index in [1.165, 1.54) is 0 Å². The third-order valence-electron chi connectivity index (χ3n) is 7.39. The van der Waals surface area contributed by atoms with Crippen molar-refractivity contribution >= 4 is 44.9 Å². The molecule has 3 aromatic carbocycles. The van der Waals surface area contributed by atoms with Gasteiger partial charge in [0, 0.05) is 37.3 Å². The molecule has 5 rings (SSSR count). The van der Waals surface area contributed by atoms with Gasteiger partial charge < -0.3 is 25.0 Å². The second-order valence-electron chi connectivity index (χ2n) is 10.5. The highest BCUT2D eigenvalue weighted by atomic mass is 35.5.